The molecule has 7 heteroatoms. The molecule has 0 radical (unpaired) electrons. The number of hydrazone groups is 1. The largest absolute Gasteiger partial charge is 0.463 e. The minimum Gasteiger partial charge on any atom is -0.463 e. The fraction of sp³-hybridized carbons (Fsp3) is 0.133. The van der Waals surface area contributed by atoms with Crippen molar-refractivity contribution in [1.82, 2.24) is 5.43 Å². The van der Waals surface area contributed by atoms with Gasteiger partial charge in [-0.15, -0.1) is 0 Å². The number of hydrogen-bond donors (Lipinski definition) is 2. The van der Waals surface area contributed by atoms with Crippen molar-refractivity contribution >= 4 is 35.3 Å². The molecule has 0 bridgehead atoms. The van der Waals surface area contributed by atoms with Gasteiger partial charge >= 0.3 is 0 Å². The van der Waals surface area contributed by atoms with Crippen molar-refractivity contribution in [3.8, 4) is 0 Å². The first-order valence-corrected chi connectivity index (χ1v) is 6.92. The fourth-order valence-electron chi connectivity index (χ4n) is 1.61. The maximum atomic E-state index is 11.7. The molecule has 22 heavy (non-hydrogen) atoms. The molecule has 0 atom stereocenters. The molecule has 2 aromatic rings. The number of nitrogens with one attached hydrogen (secondary N) is 2. The van der Waals surface area contributed by atoms with E-state index in [9.17, 15) is 9.59 Å². The van der Waals surface area contributed by atoms with Crippen LogP contribution < -0.4 is 10.7 Å². The van der Waals surface area contributed by atoms with Gasteiger partial charge in [0.2, 0.25) is 11.8 Å². The third-order valence-electron chi connectivity index (χ3n) is 2.61. The predicted octanol–water partition coefficient (Wildman–Crippen LogP) is 2.80. The maximum absolute atomic E-state index is 11.7. The summed E-state index contributed by atoms with van der Waals surface area (Å²) in [5, 5.41) is 6.91. The van der Waals surface area contributed by atoms with Crippen molar-refractivity contribution in [3.05, 3.63) is 53.4 Å². The number of carbonyl (C=O) groups excluding carboxylic acids is 2. The van der Waals surface area contributed by atoms with Crippen LogP contribution in [0.2, 0.25) is 5.02 Å². The number of benzene rings is 1. The van der Waals surface area contributed by atoms with Crippen LogP contribution in [0.4, 0.5) is 5.69 Å². The Morgan fingerprint density at radius 2 is 2.00 bits per heavy atom. The average molecular weight is 320 g/mol. The van der Waals surface area contributed by atoms with Gasteiger partial charge in [-0.2, -0.15) is 5.10 Å². The predicted molar refractivity (Wildman–Crippen MR) is 83.8 cm³/mol. The summed E-state index contributed by atoms with van der Waals surface area (Å²) in [7, 11) is 0. The van der Waals surface area contributed by atoms with Crippen molar-refractivity contribution in [2.45, 2.75) is 12.8 Å². The van der Waals surface area contributed by atoms with Crippen LogP contribution in [0.3, 0.4) is 0 Å². The summed E-state index contributed by atoms with van der Waals surface area (Å²) >= 11 is 5.82. The van der Waals surface area contributed by atoms with Crippen molar-refractivity contribution in [1.29, 1.82) is 0 Å². The second-order valence-corrected chi connectivity index (χ2v) is 4.80. The molecular formula is C15H14ClN3O3. The van der Waals surface area contributed by atoms with Crippen molar-refractivity contribution < 1.29 is 14.0 Å². The molecule has 0 aliphatic rings. The van der Waals surface area contributed by atoms with E-state index in [-0.39, 0.29) is 24.7 Å². The molecule has 0 unspecified atom stereocenters. The zero-order chi connectivity index (χ0) is 15.8. The lowest BCUT2D eigenvalue weighted by Gasteiger charge is -2.05. The van der Waals surface area contributed by atoms with Gasteiger partial charge in [0.05, 0.1) is 12.5 Å². The first-order chi connectivity index (χ1) is 10.6. The van der Waals surface area contributed by atoms with Crippen LogP contribution in [0.15, 0.2) is 52.2 Å². The minimum absolute atomic E-state index is 0.0297. The summed E-state index contributed by atoms with van der Waals surface area (Å²) in [6.07, 6.45) is 2.96. The Labute approximate surface area is 132 Å². The summed E-state index contributed by atoms with van der Waals surface area (Å²) < 4.78 is 5.01. The van der Waals surface area contributed by atoms with Crippen molar-refractivity contribution in [2.75, 3.05) is 5.32 Å². The second-order valence-electron chi connectivity index (χ2n) is 4.37. The van der Waals surface area contributed by atoms with Gasteiger partial charge in [-0.3, -0.25) is 9.59 Å². The molecule has 114 valence electrons. The van der Waals surface area contributed by atoms with E-state index in [0.29, 0.717) is 16.5 Å². The maximum Gasteiger partial charge on any atom is 0.240 e. The zero-order valence-corrected chi connectivity index (χ0v) is 12.3. The Morgan fingerprint density at radius 1 is 1.18 bits per heavy atom. The van der Waals surface area contributed by atoms with Gasteiger partial charge in [0.1, 0.15) is 5.76 Å². The van der Waals surface area contributed by atoms with Crippen LogP contribution >= 0.6 is 11.6 Å². The lowest BCUT2D eigenvalue weighted by molar-refractivity contribution is -0.124. The van der Waals surface area contributed by atoms with E-state index in [0.717, 1.165) is 0 Å². The summed E-state index contributed by atoms with van der Waals surface area (Å²) in [6.45, 7) is 0. The molecule has 6 nitrogen and oxygen atoms in total. The molecule has 1 aromatic carbocycles. The molecule has 0 aliphatic heterocycles. The van der Waals surface area contributed by atoms with Gasteiger partial charge in [-0.1, -0.05) is 17.7 Å². The van der Waals surface area contributed by atoms with E-state index in [1.165, 1.54) is 12.5 Å². The third-order valence-corrected chi connectivity index (χ3v) is 2.85. The van der Waals surface area contributed by atoms with Gasteiger partial charge in [0, 0.05) is 23.6 Å². The Balaban J connectivity index is 1.70. The van der Waals surface area contributed by atoms with Gasteiger partial charge in [0.25, 0.3) is 0 Å². The molecule has 0 aliphatic carbocycles. The number of amides is 2. The van der Waals surface area contributed by atoms with Gasteiger partial charge in [-0.25, -0.2) is 5.43 Å². The molecular weight excluding hydrogens is 306 g/mol. The SMILES string of the molecule is O=C(CCC(=O)Nc1cccc(Cl)c1)N/N=C/c1ccco1. The molecule has 2 rings (SSSR count). The smallest absolute Gasteiger partial charge is 0.240 e. The van der Waals surface area contributed by atoms with Crippen LogP contribution in [-0.4, -0.2) is 18.0 Å². The highest BCUT2D eigenvalue weighted by molar-refractivity contribution is 6.30. The molecule has 1 aromatic heterocycles. The van der Waals surface area contributed by atoms with E-state index in [1.807, 2.05) is 0 Å². The van der Waals surface area contributed by atoms with E-state index in [1.54, 1.807) is 36.4 Å². The summed E-state index contributed by atoms with van der Waals surface area (Å²) in [5.41, 5.74) is 2.91. The van der Waals surface area contributed by atoms with Gasteiger partial charge in [-0.05, 0) is 30.3 Å². The molecule has 1 heterocycles. The Hall–Kier alpha value is -2.60. The molecule has 2 N–H and O–H groups in total. The lowest BCUT2D eigenvalue weighted by atomic mass is 10.2. The third kappa shape index (κ3) is 5.41. The number of hydrogen-bond acceptors (Lipinski definition) is 4. The normalized spacial score (nSPS) is 10.6. The van der Waals surface area contributed by atoms with Gasteiger partial charge in [0.15, 0.2) is 0 Å². The Kier molecular flexibility index (Phi) is 5.73. The highest BCUT2D eigenvalue weighted by Crippen LogP contribution is 2.15. The standard InChI is InChI=1S/C15H14ClN3O3/c16-11-3-1-4-12(9-11)18-14(20)6-7-15(21)19-17-10-13-5-2-8-22-13/h1-5,8-10H,6-7H2,(H,18,20)(H,19,21)/b17-10+. The Morgan fingerprint density at radius 3 is 2.73 bits per heavy atom. The first-order valence-electron chi connectivity index (χ1n) is 6.54. The molecule has 0 saturated carbocycles. The number of furan rings is 1. The molecule has 0 fully saturated rings. The van der Waals surface area contributed by atoms with Crippen LogP contribution in [0.25, 0.3) is 0 Å². The molecule has 0 spiro atoms. The number of nitrogens with zero attached hydrogens (tertiary/aromatic N) is 1. The molecule has 0 saturated heterocycles. The number of rotatable bonds is 6. The van der Waals surface area contributed by atoms with E-state index in [2.05, 4.69) is 15.8 Å². The average Bonchev–Trinajstić information content (AvgIpc) is 2.98. The quantitative estimate of drug-likeness (QED) is 0.634. The van der Waals surface area contributed by atoms with Crippen LogP contribution in [-0.2, 0) is 9.59 Å². The highest BCUT2D eigenvalue weighted by atomic mass is 35.5. The van der Waals surface area contributed by atoms with E-state index in [4.69, 9.17) is 16.0 Å². The van der Waals surface area contributed by atoms with Crippen LogP contribution in [0.5, 0.6) is 0 Å². The second kappa shape index (κ2) is 7.99. The summed E-state index contributed by atoms with van der Waals surface area (Å²) in [4.78, 5) is 23.2. The number of carbonyl (C=O) groups is 2. The number of halogens is 1. The van der Waals surface area contributed by atoms with Gasteiger partial charge < -0.3 is 9.73 Å². The van der Waals surface area contributed by atoms with Crippen molar-refractivity contribution in [2.24, 2.45) is 5.10 Å². The van der Waals surface area contributed by atoms with E-state index >= 15 is 0 Å². The van der Waals surface area contributed by atoms with Crippen molar-refractivity contribution in [3.63, 3.8) is 0 Å². The number of anilines is 1. The van der Waals surface area contributed by atoms with Crippen LogP contribution in [0.1, 0.15) is 18.6 Å². The Bertz CT molecular complexity index is 668. The van der Waals surface area contributed by atoms with Crippen LogP contribution in [0, 0.1) is 0 Å². The summed E-state index contributed by atoms with van der Waals surface area (Å²) in [6, 6.07) is 10.2. The monoisotopic (exact) mass is 319 g/mol. The van der Waals surface area contributed by atoms with E-state index < -0.39 is 0 Å². The summed E-state index contributed by atoms with van der Waals surface area (Å²) in [5.74, 6) is -0.101. The zero-order valence-electron chi connectivity index (χ0n) is 11.6. The minimum atomic E-state index is -0.357. The first kappa shape index (κ1) is 15.8. The molecule has 2 amide bonds. The highest BCUT2D eigenvalue weighted by Gasteiger charge is 2.07. The fourth-order valence-corrected chi connectivity index (χ4v) is 1.80. The topological polar surface area (TPSA) is 83.7 Å². The lowest BCUT2D eigenvalue weighted by Crippen LogP contribution is -2.20.